The van der Waals surface area contributed by atoms with Gasteiger partial charge in [0.25, 0.3) is 0 Å². The van der Waals surface area contributed by atoms with E-state index in [1.54, 1.807) is 0 Å². The molecule has 7 heteroatoms. The van der Waals surface area contributed by atoms with Crippen molar-refractivity contribution in [3.8, 4) is 0 Å². The van der Waals surface area contributed by atoms with Gasteiger partial charge >= 0.3 is 0 Å². The Morgan fingerprint density at radius 2 is 1.96 bits per heavy atom. The number of hydrogen-bond acceptors (Lipinski definition) is 6. The molecule has 0 atom stereocenters. The van der Waals surface area contributed by atoms with Gasteiger partial charge in [-0.05, 0) is 38.4 Å². The first-order valence-corrected chi connectivity index (χ1v) is 10.6. The lowest BCUT2D eigenvalue weighted by Gasteiger charge is -2.41. The number of thiazole rings is 1. The highest BCUT2D eigenvalue weighted by Gasteiger charge is 2.39. The summed E-state index contributed by atoms with van der Waals surface area (Å²) >= 11 is 1.53. The zero-order valence-corrected chi connectivity index (χ0v) is 17.0. The summed E-state index contributed by atoms with van der Waals surface area (Å²) in [6.45, 7) is 5.58. The summed E-state index contributed by atoms with van der Waals surface area (Å²) < 4.78 is 1.83. The maximum atomic E-state index is 9.13. The lowest BCUT2D eigenvalue weighted by Crippen LogP contribution is -2.43. The molecule has 1 aliphatic heterocycles. The maximum absolute atomic E-state index is 9.13. The van der Waals surface area contributed by atoms with Gasteiger partial charge in [-0.1, -0.05) is 30.3 Å². The minimum atomic E-state index is -0.0675. The SMILES string of the molecule is Cc1nn(CCO)cc1CN1CCC(c2ccccc2)(c2csc(N)n2)CC1. The normalized spacial score (nSPS) is 17.1. The summed E-state index contributed by atoms with van der Waals surface area (Å²) in [5.41, 5.74) is 10.6. The molecular weight excluding hydrogens is 370 g/mol. The number of aliphatic hydroxyl groups is 1. The van der Waals surface area contributed by atoms with Gasteiger partial charge in [-0.25, -0.2) is 4.98 Å². The van der Waals surface area contributed by atoms with E-state index in [9.17, 15) is 0 Å². The number of anilines is 1. The van der Waals surface area contributed by atoms with Gasteiger partial charge < -0.3 is 10.8 Å². The number of rotatable bonds is 6. The van der Waals surface area contributed by atoms with Gasteiger partial charge in [0.1, 0.15) is 0 Å². The molecule has 1 fully saturated rings. The molecule has 2 aromatic heterocycles. The summed E-state index contributed by atoms with van der Waals surface area (Å²) in [7, 11) is 0. The molecular formula is C21H27N5OS. The third-order valence-corrected chi connectivity index (χ3v) is 6.49. The summed E-state index contributed by atoms with van der Waals surface area (Å²) in [5.74, 6) is 0. The third-order valence-electron chi connectivity index (χ3n) is 5.82. The maximum Gasteiger partial charge on any atom is 0.180 e. The van der Waals surface area contributed by atoms with Crippen LogP contribution in [0.15, 0.2) is 41.9 Å². The molecule has 6 nitrogen and oxygen atoms in total. The Bertz CT molecular complexity index is 912. The number of piperidine rings is 1. The Morgan fingerprint density at radius 3 is 2.61 bits per heavy atom. The molecule has 28 heavy (non-hydrogen) atoms. The molecule has 1 saturated heterocycles. The molecule has 1 aromatic carbocycles. The second-order valence-electron chi connectivity index (χ2n) is 7.52. The van der Waals surface area contributed by atoms with Crippen molar-refractivity contribution in [2.24, 2.45) is 0 Å². The first-order valence-electron chi connectivity index (χ1n) is 9.74. The van der Waals surface area contributed by atoms with Crippen LogP contribution in [0.5, 0.6) is 0 Å². The summed E-state index contributed by atoms with van der Waals surface area (Å²) in [6.07, 6.45) is 4.10. The fraction of sp³-hybridized carbons (Fsp3) is 0.429. The van der Waals surface area contributed by atoms with Crippen LogP contribution in [-0.4, -0.2) is 44.5 Å². The largest absolute Gasteiger partial charge is 0.394 e. The van der Waals surface area contributed by atoms with Crippen LogP contribution in [0.1, 0.15) is 35.4 Å². The Labute approximate surface area is 169 Å². The number of hydrogen-bond donors (Lipinski definition) is 2. The number of likely N-dealkylation sites (tertiary alicyclic amines) is 1. The average molecular weight is 398 g/mol. The van der Waals surface area contributed by atoms with Crippen LogP contribution >= 0.6 is 11.3 Å². The number of aryl methyl sites for hydroxylation is 1. The Hall–Kier alpha value is -2.22. The standard InChI is InChI=1S/C21H27N5OS/c1-16-17(14-26(24-16)11-12-27)13-25-9-7-21(8-10-25,18-5-3-2-4-6-18)19-15-28-20(22)23-19/h2-6,14-15,27H,7-13H2,1H3,(H2,22,23). The van der Waals surface area contributed by atoms with E-state index < -0.39 is 0 Å². The quantitative estimate of drug-likeness (QED) is 0.669. The molecule has 0 aliphatic carbocycles. The van der Waals surface area contributed by atoms with Gasteiger partial charge in [0, 0.05) is 29.1 Å². The third kappa shape index (κ3) is 3.70. The number of nitrogens with zero attached hydrogens (tertiary/aromatic N) is 4. The van der Waals surface area contributed by atoms with Crippen LogP contribution in [0.3, 0.4) is 0 Å². The molecule has 148 valence electrons. The fourth-order valence-corrected chi connectivity index (χ4v) is 4.88. The van der Waals surface area contributed by atoms with E-state index in [4.69, 9.17) is 10.8 Å². The van der Waals surface area contributed by atoms with Crippen molar-refractivity contribution in [3.05, 3.63) is 64.4 Å². The topological polar surface area (TPSA) is 80.2 Å². The van der Waals surface area contributed by atoms with E-state index >= 15 is 0 Å². The van der Waals surface area contributed by atoms with E-state index in [0.29, 0.717) is 11.7 Å². The molecule has 0 bridgehead atoms. The zero-order valence-electron chi connectivity index (χ0n) is 16.2. The molecule has 3 N–H and O–H groups in total. The highest BCUT2D eigenvalue weighted by Crippen LogP contribution is 2.42. The average Bonchev–Trinajstić information content (AvgIpc) is 3.29. The number of benzene rings is 1. The Morgan fingerprint density at radius 1 is 1.21 bits per heavy atom. The minimum absolute atomic E-state index is 0.0675. The van der Waals surface area contributed by atoms with Crippen molar-refractivity contribution in [1.29, 1.82) is 0 Å². The molecule has 0 unspecified atom stereocenters. The first kappa shape index (κ1) is 19.1. The van der Waals surface area contributed by atoms with Crippen LogP contribution in [-0.2, 0) is 18.5 Å². The molecule has 0 radical (unpaired) electrons. The molecule has 0 spiro atoms. The molecule has 1 aliphatic rings. The van der Waals surface area contributed by atoms with Crippen LogP contribution in [0.4, 0.5) is 5.13 Å². The van der Waals surface area contributed by atoms with Crippen molar-refractivity contribution in [1.82, 2.24) is 19.7 Å². The van der Waals surface area contributed by atoms with Crippen molar-refractivity contribution in [2.45, 2.75) is 38.3 Å². The molecule has 4 rings (SSSR count). The molecule has 0 saturated carbocycles. The van der Waals surface area contributed by atoms with Crippen LogP contribution in [0.25, 0.3) is 0 Å². The van der Waals surface area contributed by atoms with Gasteiger partial charge in [-0.3, -0.25) is 9.58 Å². The van der Waals surface area contributed by atoms with Crippen molar-refractivity contribution in [3.63, 3.8) is 0 Å². The van der Waals surface area contributed by atoms with E-state index in [2.05, 4.69) is 56.9 Å². The van der Waals surface area contributed by atoms with E-state index in [-0.39, 0.29) is 12.0 Å². The summed E-state index contributed by atoms with van der Waals surface area (Å²) in [5, 5.41) is 16.4. The summed E-state index contributed by atoms with van der Waals surface area (Å²) in [6, 6.07) is 10.7. The van der Waals surface area contributed by atoms with E-state index in [0.717, 1.165) is 43.9 Å². The second kappa shape index (κ2) is 8.03. The monoisotopic (exact) mass is 397 g/mol. The number of nitrogen functional groups attached to an aromatic ring is 1. The number of nitrogens with two attached hydrogens (primary N) is 1. The highest BCUT2D eigenvalue weighted by atomic mass is 32.1. The number of aliphatic hydroxyl groups excluding tert-OH is 1. The van der Waals surface area contributed by atoms with Crippen LogP contribution in [0, 0.1) is 6.92 Å². The Kier molecular flexibility index (Phi) is 5.48. The lowest BCUT2D eigenvalue weighted by molar-refractivity contribution is 0.170. The van der Waals surface area contributed by atoms with Gasteiger partial charge in [0.15, 0.2) is 5.13 Å². The zero-order chi connectivity index (χ0) is 19.6. The lowest BCUT2D eigenvalue weighted by atomic mass is 9.70. The first-order chi connectivity index (χ1) is 13.6. The van der Waals surface area contributed by atoms with Crippen LogP contribution < -0.4 is 5.73 Å². The smallest absolute Gasteiger partial charge is 0.180 e. The van der Waals surface area contributed by atoms with Crippen molar-refractivity contribution in [2.75, 3.05) is 25.4 Å². The van der Waals surface area contributed by atoms with E-state index in [1.165, 1.54) is 22.5 Å². The Balaban J connectivity index is 1.53. The molecule has 0 amide bonds. The highest BCUT2D eigenvalue weighted by molar-refractivity contribution is 7.13. The fourth-order valence-electron chi connectivity index (χ4n) is 4.22. The van der Waals surface area contributed by atoms with E-state index in [1.807, 2.05) is 11.6 Å². The minimum Gasteiger partial charge on any atom is -0.394 e. The molecule has 3 heterocycles. The number of aromatic nitrogens is 3. The molecule has 3 aromatic rings. The van der Waals surface area contributed by atoms with Gasteiger partial charge in [-0.2, -0.15) is 5.10 Å². The van der Waals surface area contributed by atoms with Crippen molar-refractivity contribution < 1.29 is 5.11 Å². The van der Waals surface area contributed by atoms with Gasteiger partial charge in [-0.15, -0.1) is 11.3 Å². The van der Waals surface area contributed by atoms with Crippen molar-refractivity contribution >= 4 is 16.5 Å². The van der Waals surface area contributed by atoms with Gasteiger partial charge in [0.2, 0.25) is 0 Å². The summed E-state index contributed by atoms with van der Waals surface area (Å²) in [4.78, 5) is 7.16. The predicted octanol–water partition coefficient (Wildman–Crippen LogP) is 2.80. The predicted molar refractivity (Wildman–Crippen MR) is 112 cm³/mol. The van der Waals surface area contributed by atoms with Gasteiger partial charge in [0.05, 0.1) is 24.5 Å². The van der Waals surface area contributed by atoms with Crippen LogP contribution in [0.2, 0.25) is 0 Å². The second-order valence-corrected chi connectivity index (χ2v) is 8.41.